The Morgan fingerprint density at radius 1 is 1.53 bits per heavy atom. The Bertz CT molecular complexity index is 660. The molecule has 0 spiro atoms. The van der Waals surface area contributed by atoms with E-state index in [4.69, 9.17) is 17.0 Å². The van der Waals surface area contributed by atoms with Crippen molar-refractivity contribution in [3.05, 3.63) is 23.0 Å². The maximum Gasteiger partial charge on any atom is 0.178 e. The van der Waals surface area contributed by atoms with Crippen LogP contribution in [-0.4, -0.2) is 32.4 Å². The molecule has 0 saturated carbocycles. The molecule has 104 valence electrons. The van der Waals surface area contributed by atoms with Crippen LogP contribution >= 0.6 is 12.2 Å². The van der Waals surface area contributed by atoms with Crippen molar-refractivity contribution in [1.82, 2.24) is 9.55 Å². The molecule has 4 nitrogen and oxygen atoms in total. The lowest BCUT2D eigenvalue weighted by atomic mass is 10.2. The van der Waals surface area contributed by atoms with Gasteiger partial charge in [0.15, 0.2) is 4.77 Å². The highest BCUT2D eigenvalue weighted by Gasteiger charge is 2.11. The number of aromatic nitrogens is 2. The van der Waals surface area contributed by atoms with Gasteiger partial charge < -0.3 is 14.3 Å². The molecule has 0 radical (unpaired) electrons. The summed E-state index contributed by atoms with van der Waals surface area (Å²) >= 11 is 5.35. The largest absolute Gasteiger partial charge is 0.494 e. The van der Waals surface area contributed by atoms with Gasteiger partial charge in [0.1, 0.15) is 11.3 Å². The number of nitrogens with one attached hydrogen (secondary N) is 1. The van der Waals surface area contributed by atoms with E-state index in [1.54, 1.807) is 13.4 Å². The first-order chi connectivity index (χ1) is 9.04. The van der Waals surface area contributed by atoms with Gasteiger partial charge in [0, 0.05) is 28.9 Å². The summed E-state index contributed by atoms with van der Waals surface area (Å²) in [5.74, 6) is 0.787. The summed E-state index contributed by atoms with van der Waals surface area (Å²) in [7, 11) is 0.844. The fourth-order valence-electron chi connectivity index (χ4n) is 2.02. The monoisotopic (exact) mass is 298 g/mol. The van der Waals surface area contributed by atoms with Crippen molar-refractivity contribution in [2.45, 2.75) is 25.1 Å². The molecule has 6 heteroatoms. The lowest BCUT2D eigenvalue weighted by molar-refractivity contribution is 0.419. The molecule has 0 bridgehead atoms. The van der Waals surface area contributed by atoms with E-state index in [0.717, 1.165) is 29.7 Å². The van der Waals surface area contributed by atoms with Crippen LogP contribution in [-0.2, 0) is 17.3 Å². The van der Waals surface area contributed by atoms with E-state index < -0.39 is 10.8 Å². The number of benzene rings is 1. The van der Waals surface area contributed by atoms with Crippen molar-refractivity contribution in [3.63, 3.8) is 0 Å². The molecular weight excluding hydrogens is 280 g/mol. The third kappa shape index (κ3) is 2.90. The van der Waals surface area contributed by atoms with Crippen LogP contribution in [0.5, 0.6) is 5.75 Å². The maximum absolute atomic E-state index is 11.4. The number of rotatable bonds is 5. The van der Waals surface area contributed by atoms with Crippen LogP contribution in [0.1, 0.15) is 13.3 Å². The number of methoxy groups -OCH3 is 1. The Hall–Kier alpha value is -1.14. The number of hydrogen-bond donors (Lipinski definition) is 1. The van der Waals surface area contributed by atoms with Crippen molar-refractivity contribution in [2.75, 3.05) is 13.4 Å². The fourth-order valence-corrected chi connectivity index (χ4v) is 2.75. The number of hydrogen-bond acceptors (Lipinski definition) is 3. The summed E-state index contributed by atoms with van der Waals surface area (Å²) in [6.07, 6.45) is 2.57. The first kappa shape index (κ1) is 14.3. The Labute approximate surface area is 120 Å². The van der Waals surface area contributed by atoms with Crippen LogP contribution in [0.3, 0.4) is 0 Å². The molecule has 1 heterocycles. The molecule has 0 aliphatic carbocycles. The molecule has 0 fully saturated rings. The molecule has 2 rings (SSSR count). The highest BCUT2D eigenvalue weighted by molar-refractivity contribution is 7.84. The minimum absolute atomic E-state index is 0.164. The van der Waals surface area contributed by atoms with Crippen LogP contribution in [0.4, 0.5) is 0 Å². The van der Waals surface area contributed by atoms with Gasteiger partial charge in [0.05, 0.1) is 12.6 Å². The maximum atomic E-state index is 11.4. The molecule has 1 aromatic carbocycles. The summed E-state index contributed by atoms with van der Waals surface area (Å²) in [5.41, 5.74) is 1.94. The van der Waals surface area contributed by atoms with Crippen molar-refractivity contribution in [1.29, 1.82) is 0 Å². The van der Waals surface area contributed by atoms with E-state index in [1.165, 1.54) is 0 Å². The van der Waals surface area contributed by atoms with Crippen molar-refractivity contribution >= 4 is 34.1 Å². The van der Waals surface area contributed by atoms with Gasteiger partial charge in [0.25, 0.3) is 0 Å². The zero-order chi connectivity index (χ0) is 14.0. The van der Waals surface area contributed by atoms with E-state index in [2.05, 4.69) is 4.98 Å². The first-order valence-corrected chi connectivity index (χ1v) is 8.15. The summed E-state index contributed by atoms with van der Waals surface area (Å²) in [6.45, 7) is 2.75. The molecule has 0 amide bonds. The Morgan fingerprint density at radius 2 is 2.26 bits per heavy atom. The first-order valence-electron chi connectivity index (χ1n) is 6.12. The zero-order valence-corrected chi connectivity index (χ0v) is 12.9. The van der Waals surface area contributed by atoms with Crippen molar-refractivity contribution in [2.24, 2.45) is 0 Å². The second kappa shape index (κ2) is 5.88. The van der Waals surface area contributed by atoms with Gasteiger partial charge in [-0.15, -0.1) is 0 Å². The van der Waals surface area contributed by atoms with Gasteiger partial charge in [-0.3, -0.25) is 4.21 Å². The molecule has 2 atom stereocenters. The van der Waals surface area contributed by atoms with Crippen molar-refractivity contribution in [3.8, 4) is 5.75 Å². The molecule has 1 N–H and O–H groups in total. The highest BCUT2D eigenvalue weighted by Crippen LogP contribution is 2.24. The highest BCUT2D eigenvalue weighted by atomic mass is 32.2. The number of imidazole rings is 1. The average molecular weight is 298 g/mol. The average Bonchev–Trinajstić information content (AvgIpc) is 2.71. The normalized spacial score (nSPS) is 14.5. The van der Waals surface area contributed by atoms with E-state index in [1.807, 2.05) is 29.7 Å². The van der Waals surface area contributed by atoms with E-state index >= 15 is 0 Å². The lowest BCUT2D eigenvalue weighted by Gasteiger charge is -2.09. The minimum Gasteiger partial charge on any atom is -0.494 e. The Morgan fingerprint density at radius 3 is 2.89 bits per heavy atom. The number of fused-ring (bicyclic) bond motifs is 1. The smallest absolute Gasteiger partial charge is 0.178 e. The van der Waals surface area contributed by atoms with Crippen LogP contribution in [0.15, 0.2) is 18.2 Å². The van der Waals surface area contributed by atoms with Crippen LogP contribution in [0.2, 0.25) is 0 Å². The second-order valence-corrected chi connectivity index (χ2v) is 6.72. The van der Waals surface area contributed by atoms with E-state index in [-0.39, 0.29) is 5.25 Å². The number of aromatic amines is 1. The Kier molecular flexibility index (Phi) is 4.42. The number of ether oxygens (including phenoxy) is 1. The minimum atomic E-state index is -0.800. The SMILES string of the molecule is COc1cccc2c1[nH]c(=S)n2CCC(C)S(C)=O. The van der Waals surface area contributed by atoms with Gasteiger partial charge in [-0.1, -0.05) is 13.0 Å². The third-order valence-electron chi connectivity index (χ3n) is 3.32. The van der Waals surface area contributed by atoms with E-state index in [0.29, 0.717) is 4.77 Å². The molecule has 1 aromatic heterocycles. The molecule has 0 saturated heterocycles. The topological polar surface area (TPSA) is 47.0 Å². The predicted molar refractivity (Wildman–Crippen MR) is 81.8 cm³/mol. The van der Waals surface area contributed by atoms with E-state index in [9.17, 15) is 4.21 Å². The zero-order valence-electron chi connectivity index (χ0n) is 11.3. The molecule has 19 heavy (non-hydrogen) atoms. The molecule has 0 aliphatic rings. The second-order valence-electron chi connectivity index (χ2n) is 4.53. The summed E-state index contributed by atoms with van der Waals surface area (Å²) < 4.78 is 19.4. The van der Waals surface area contributed by atoms with Crippen LogP contribution in [0, 0.1) is 4.77 Å². The lowest BCUT2D eigenvalue weighted by Crippen LogP contribution is -2.12. The molecule has 0 aliphatic heterocycles. The van der Waals surface area contributed by atoms with Crippen molar-refractivity contribution < 1.29 is 8.95 Å². The fraction of sp³-hybridized carbons (Fsp3) is 0.462. The standard InChI is InChI=1S/C13H18N2O2S2/c1-9(19(3)16)7-8-15-10-5-4-6-11(17-2)12(10)14-13(15)18/h4-6,9H,7-8H2,1-3H3,(H,14,18). The molecular formula is C13H18N2O2S2. The van der Waals surface area contributed by atoms with Gasteiger partial charge in [-0.05, 0) is 30.8 Å². The number of H-pyrrole nitrogens is 1. The van der Waals surface area contributed by atoms with Crippen LogP contribution in [0.25, 0.3) is 11.0 Å². The summed E-state index contributed by atoms with van der Waals surface area (Å²) in [4.78, 5) is 3.18. The molecule has 2 aromatic rings. The Balaban J connectivity index is 2.36. The van der Waals surface area contributed by atoms with Gasteiger partial charge in [0.2, 0.25) is 0 Å². The third-order valence-corrected chi connectivity index (χ3v) is 5.01. The quantitative estimate of drug-likeness (QED) is 0.863. The summed E-state index contributed by atoms with van der Waals surface area (Å²) in [6, 6.07) is 5.86. The van der Waals surface area contributed by atoms with Crippen LogP contribution < -0.4 is 4.74 Å². The summed E-state index contributed by atoms with van der Waals surface area (Å²) in [5, 5.41) is 0.164. The number of nitrogens with zero attached hydrogens (tertiary/aromatic N) is 1. The van der Waals surface area contributed by atoms with Gasteiger partial charge in [-0.2, -0.15) is 0 Å². The van der Waals surface area contributed by atoms with Gasteiger partial charge in [-0.25, -0.2) is 0 Å². The predicted octanol–water partition coefficient (Wildman–Crippen LogP) is 2.86. The van der Waals surface area contributed by atoms with Gasteiger partial charge >= 0.3 is 0 Å². The number of para-hydroxylation sites is 1. The molecule has 2 unspecified atom stereocenters. The number of aryl methyl sites for hydroxylation is 1.